The summed E-state index contributed by atoms with van der Waals surface area (Å²) in [6, 6.07) is 10.4. The summed E-state index contributed by atoms with van der Waals surface area (Å²) >= 11 is 0. The number of likely N-dealkylation sites (tertiary alicyclic amines) is 1. The van der Waals surface area contributed by atoms with Crippen molar-refractivity contribution in [1.29, 1.82) is 0 Å². The molecule has 1 unspecified atom stereocenters. The van der Waals surface area contributed by atoms with Crippen molar-refractivity contribution in [2.24, 2.45) is 23.2 Å². The number of aliphatic carboxylic acids is 1. The number of carboxylic acid groups (broad SMARTS) is 1. The van der Waals surface area contributed by atoms with Crippen molar-refractivity contribution in [3.63, 3.8) is 0 Å². The van der Waals surface area contributed by atoms with Gasteiger partial charge in [0.15, 0.2) is 0 Å². The lowest BCUT2D eigenvalue weighted by molar-refractivity contribution is -0.149. The zero-order valence-corrected chi connectivity index (χ0v) is 13.0. The smallest absolute Gasteiger partial charge is 0.308 e. The highest BCUT2D eigenvalue weighted by Gasteiger charge is 2.57. The molecule has 1 saturated heterocycles. The minimum Gasteiger partial charge on any atom is -0.481 e. The second kappa shape index (κ2) is 5.45. The summed E-state index contributed by atoms with van der Waals surface area (Å²) in [5.74, 6) is 0.598. The van der Waals surface area contributed by atoms with Crippen LogP contribution >= 0.6 is 0 Å². The Morgan fingerprint density at radius 2 is 2.00 bits per heavy atom. The van der Waals surface area contributed by atoms with Crippen LogP contribution in [0.15, 0.2) is 30.3 Å². The summed E-state index contributed by atoms with van der Waals surface area (Å²) in [4.78, 5) is 14.0. The molecule has 114 valence electrons. The number of nitrogens with zero attached hydrogens (tertiary/aromatic N) is 1. The summed E-state index contributed by atoms with van der Waals surface area (Å²) in [7, 11) is 0. The maximum atomic E-state index is 11.7. The molecule has 2 fully saturated rings. The molecule has 1 aromatic rings. The van der Waals surface area contributed by atoms with Crippen LogP contribution < -0.4 is 0 Å². The maximum Gasteiger partial charge on any atom is 0.308 e. The van der Waals surface area contributed by atoms with Crippen LogP contribution in [0, 0.1) is 23.2 Å². The molecular weight excluding hydrogens is 262 g/mol. The van der Waals surface area contributed by atoms with Crippen LogP contribution in [0.25, 0.3) is 0 Å². The molecule has 1 N–H and O–H groups in total. The fourth-order valence-corrected chi connectivity index (χ4v) is 4.24. The Hall–Kier alpha value is -1.35. The van der Waals surface area contributed by atoms with Crippen molar-refractivity contribution >= 4 is 5.97 Å². The number of benzene rings is 1. The number of rotatable bonds is 4. The fraction of sp³-hybridized carbons (Fsp3) is 0.611. The van der Waals surface area contributed by atoms with Gasteiger partial charge in [0.2, 0.25) is 0 Å². The molecule has 0 radical (unpaired) electrons. The van der Waals surface area contributed by atoms with Gasteiger partial charge in [-0.1, -0.05) is 44.2 Å². The van der Waals surface area contributed by atoms with Gasteiger partial charge in [0.1, 0.15) is 0 Å². The van der Waals surface area contributed by atoms with E-state index in [-0.39, 0.29) is 11.3 Å². The predicted molar refractivity (Wildman–Crippen MR) is 82.8 cm³/mol. The Morgan fingerprint density at radius 3 is 2.57 bits per heavy atom. The molecule has 1 heterocycles. The number of carbonyl (C=O) groups is 1. The van der Waals surface area contributed by atoms with Crippen LogP contribution in [0.4, 0.5) is 0 Å². The molecule has 3 heteroatoms. The van der Waals surface area contributed by atoms with Gasteiger partial charge < -0.3 is 5.11 Å². The van der Waals surface area contributed by atoms with Gasteiger partial charge >= 0.3 is 5.97 Å². The van der Waals surface area contributed by atoms with Crippen LogP contribution in [0.3, 0.4) is 0 Å². The number of hydrogen-bond acceptors (Lipinski definition) is 2. The van der Waals surface area contributed by atoms with Crippen molar-refractivity contribution in [1.82, 2.24) is 4.90 Å². The molecule has 21 heavy (non-hydrogen) atoms. The molecule has 3 rings (SSSR count). The van der Waals surface area contributed by atoms with E-state index >= 15 is 0 Å². The average molecular weight is 287 g/mol. The molecule has 1 aromatic carbocycles. The first-order valence-electron chi connectivity index (χ1n) is 7.99. The minimum atomic E-state index is -0.604. The Balaban J connectivity index is 1.69. The van der Waals surface area contributed by atoms with E-state index in [1.54, 1.807) is 0 Å². The van der Waals surface area contributed by atoms with Crippen LogP contribution in [0.5, 0.6) is 0 Å². The normalized spacial score (nSPS) is 32.5. The van der Waals surface area contributed by atoms with E-state index in [0.717, 1.165) is 25.9 Å². The predicted octanol–water partition coefficient (Wildman–Crippen LogP) is 3.26. The first-order chi connectivity index (χ1) is 10.00. The van der Waals surface area contributed by atoms with Gasteiger partial charge in [0.25, 0.3) is 0 Å². The molecule has 2 aliphatic rings. The van der Waals surface area contributed by atoms with Gasteiger partial charge in [-0.05, 0) is 35.7 Å². The third-order valence-corrected chi connectivity index (χ3v) is 5.55. The number of carboxylic acids is 1. The van der Waals surface area contributed by atoms with Crippen molar-refractivity contribution < 1.29 is 9.90 Å². The van der Waals surface area contributed by atoms with Gasteiger partial charge in [-0.25, -0.2) is 0 Å². The van der Waals surface area contributed by atoms with E-state index in [9.17, 15) is 9.90 Å². The van der Waals surface area contributed by atoms with Gasteiger partial charge in [0, 0.05) is 19.6 Å². The summed E-state index contributed by atoms with van der Waals surface area (Å²) in [6.45, 7) is 7.03. The fourth-order valence-electron chi connectivity index (χ4n) is 4.24. The summed E-state index contributed by atoms with van der Waals surface area (Å²) in [6.07, 6.45) is 2.18. The maximum absolute atomic E-state index is 11.7. The monoisotopic (exact) mass is 287 g/mol. The Kier molecular flexibility index (Phi) is 3.78. The first-order valence-corrected chi connectivity index (χ1v) is 7.99. The molecule has 1 spiro atoms. The van der Waals surface area contributed by atoms with E-state index < -0.39 is 5.97 Å². The Labute approximate surface area is 127 Å². The second-order valence-electron chi connectivity index (χ2n) is 7.32. The Morgan fingerprint density at radius 1 is 1.33 bits per heavy atom. The van der Waals surface area contributed by atoms with Crippen molar-refractivity contribution in [2.75, 3.05) is 13.1 Å². The second-order valence-corrected chi connectivity index (χ2v) is 7.32. The van der Waals surface area contributed by atoms with Crippen LogP contribution in [-0.4, -0.2) is 29.1 Å². The zero-order valence-electron chi connectivity index (χ0n) is 13.0. The molecule has 1 atom stereocenters. The molecule has 1 aliphatic heterocycles. The molecule has 0 amide bonds. The lowest BCUT2D eigenvalue weighted by Crippen LogP contribution is -2.47. The average Bonchev–Trinajstić information content (AvgIpc) is 2.77. The highest BCUT2D eigenvalue weighted by Crippen LogP contribution is 2.57. The summed E-state index contributed by atoms with van der Waals surface area (Å²) in [5.41, 5.74) is 1.31. The topological polar surface area (TPSA) is 40.5 Å². The summed E-state index contributed by atoms with van der Waals surface area (Å²) < 4.78 is 0. The van der Waals surface area contributed by atoms with E-state index in [2.05, 4.69) is 30.9 Å². The molecule has 3 nitrogen and oxygen atoms in total. The van der Waals surface area contributed by atoms with E-state index in [4.69, 9.17) is 0 Å². The largest absolute Gasteiger partial charge is 0.481 e. The standard InChI is InChI=1S/C18H25NO2/c1-13(2)15-8-18(9-15)12-19(11-16(18)17(20)21)10-14-6-4-3-5-7-14/h3-7,13,15-16H,8-12H2,1-2H3,(H,20,21). The van der Waals surface area contributed by atoms with Gasteiger partial charge in [-0.3, -0.25) is 9.69 Å². The van der Waals surface area contributed by atoms with Crippen LogP contribution in [-0.2, 0) is 11.3 Å². The van der Waals surface area contributed by atoms with Gasteiger partial charge in [-0.2, -0.15) is 0 Å². The molecule has 1 saturated carbocycles. The lowest BCUT2D eigenvalue weighted by Gasteiger charge is -2.49. The summed E-state index contributed by atoms with van der Waals surface area (Å²) in [5, 5.41) is 9.60. The van der Waals surface area contributed by atoms with Crippen molar-refractivity contribution in [3.8, 4) is 0 Å². The first kappa shape index (κ1) is 14.6. The third-order valence-electron chi connectivity index (χ3n) is 5.55. The highest BCUT2D eigenvalue weighted by molar-refractivity contribution is 5.72. The highest BCUT2D eigenvalue weighted by atomic mass is 16.4. The minimum absolute atomic E-state index is 0.0373. The lowest BCUT2D eigenvalue weighted by atomic mass is 9.55. The van der Waals surface area contributed by atoms with Crippen LogP contribution in [0.2, 0.25) is 0 Å². The third kappa shape index (κ3) is 2.71. The van der Waals surface area contributed by atoms with Gasteiger partial charge in [-0.15, -0.1) is 0 Å². The van der Waals surface area contributed by atoms with Crippen molar-refractivity contribution in [3.05, 3.63) is 35.9 Å². The molecule has 0 aromatic heterocycles. The number of hydrogen-bond donors (Lipinski definition) is 1. The SMILES string of the molecule is CC(C)C1CC2(C1)CN(Cc1ccccc1)CC2C(=O)O. The van der Waals surface area contributed by atoms with Crippen LogP contribution in [0.1, 0.15) is 32.3 Å². The van der Waals surface area contributed by atoms with Crippen molar-refractivity contribution in [2.45, 2.75) is 33.2 Å². The van der Waals surface area contributed by atoms with Gasteiger partial charge in [0.05, 0.1) is 5.92 Å². The molecule has 1 aliphatic carbocycles. The van der Waals surface area contributed by atoms with E-state index in [1.165, 1.54) is 5.56 Å². The Bertz CT molecular complexity index is 505. The quantitative estimate of drug-likeness (QED) is 0.924. The zero-order chi connectivity index (χ0) is 15.0. The van der Waals surface area contributed by atoms with E-state index in [1.807, 2.05) is 18.2 Å². The molecule has 0 bridgehead atoms. The molecular formula is C18H25NO2. The van der Waals surface area contributed by atoms with E-state index in [0.29, 0.717) is 18.4 Å².